The summed E-state index contributed by atoms with van der Waals surface area (Å²) in [6.45, 7) is 2.48. The van der Waals surface area contributed by atoms with Crippen molar-refractivity contribution < 1.29 is 19.0 Å². The number of aryl methyl sites for hydroxylation is 1. The lowest BCUT2D eigenvalue weighted by atomic mass is 10.1. The zero-order valence-electron chi connectivity index (χ0n) is 14.5. The molecule has 2 aromatic rings. The summed E-state index contributed by atoms with van der Waals surface area (Å²) in [5.41, 5.74) is 2.72. The molecule has 0 fully saturated rings. The zero-order chi connectivity index (χ0) is 17.5. The Bertz CT molecular complexity index is 687. The first-order valence-electron chi connectivity index (χ1n) is 7.72. The molecule has 1 amide bonds. The second-order valence-corrected chi connectivity index (χ2v) is 5.41. The molecule has 128 valence electrons. The van der Waals surface area contributed by atoms with E-state index in [1.807, 2.05) is 43.3 Å². The van der Waals surface area contributed by atoms with Crippen LogP contribution in [0.25, 0.3) is 0 Å². The summed E-state index contributed by atoms with van der Waals surface area (Å²) in [6.07, 6.45) is 0.661. The highest BCUT2D eigenvalue weighted by molar-refractivity contribution is 5.94. The number of nitrogens with one attached hydrogen (secondary N) is 1. The molecule has 0 aromatic heterocycles. The standard InChI is InChI=1S/C19H23NO4/c1-13-6-5-7-15(10-13)19(21)20-9-8-14-11-16(22-2)18(24-4)17(12-14)23-3/h5-7,10-12H,8-9H2,1-4H3,(H,20,21). The Morgan fingerprint density at radius 3 is 2.21 bits per heavy atom. The molecule has 0 spiro atoms. The number of benzene rings is 2. The van der Waals surface area contributed by atoms with Crippen molar-refractivity contribution in [3.05, 3.63) is 53.1 Å². The van der Waals surface area contributed by atoms with Crippen LogP contribution in [-0.2, 0) is 6.42 Å². The van der Waals surface area contributed by atoms with Crippen LogP contribution < -0.4 is 19.5 Å². The van der Waals surface area contributed by atoms with Gasteiger partial charge in [-0.15, -0.1) is 0 Å². The number of ether oxygens (including phenoxy) is 3. The third-order valence-electron chi connectivity index (χ3n) is 3.70. The summed E-state index contributed by atoms with van der Waals surface area (Å²) < 4.78 is 16.0. The largest absolute Gasteiger partial charge is 0.493 e. The van der Waals surface area contributed by atoms with Gasteiger partial charge in [0, 0.05) is 12.1 Å². The lowest BCUT2D eigenvalue weighted by Gasteiger charge is -2.14. The molecular weight excluding hydrogens is 306 g/mol. The maximum Gasteiger partial charge on any atom is 0.251 e. The minimum atomic E-state index is -0.0776. The average Bonchev–Trinajstić information content (AvgIpc) is 2.60. The minimum absolute atomic E-state index is 0.0776. The van der Waals surface area contributed by atoms with Gasteiger partial charge in [-0.25, -0.2) is 0 Å². The number of rotatable bonds is 7. The topological polar surface area (TPSA) is 56.8 Å². The molecule has 2 rings (SSSR count). The van der Waals surface area contributed by atoms with Crippen LogP contribution in [0.1, 0.15) is 21.5 Å². The van der Waals surface area contributed by atoms with E-state index in [4.69, 9.17) is 14.2 Å². The first-order valence-corrected chi connectivity index (χ1v) is 7.72. The summed E-state index contributed by atoms with van der Waals surface area (Å²) in [5.74, 6) is 1.70. The number of amides is 1. The smallest absolute Gasteiger partial charge is 0.251 e. The highest BCUT2D eigenvalue weighted by atomic mass is 16.5. The molecule has 2 aromatic carbocycles. The van der Waals surface area contributed by atoms with E-state index in [1.54, 1.807) is 21.3 Å². The highest BCUT2D eigenvalue weighted by Crippen LogP contribution is 2.38. The number of hydrogen-bond donors (Lipinski definition) is 1. The van der Waals surface area contributed by atoms with Gasteiger partial charge in [0.15, 0.2) is 11.5 Å². The molecule has 5 heteroatoms. The maximum atomic E-state index is 12.2. The van der Waals surface area contributed by atoms with Crippen LogP contribution in [0, 0.1) is 6.92 Å². The van der Waals surface area contributed by atoms with Gasteiger partial charge < -0.3 is 19.5 Å². The normalized spacial score (nSPS) is 10.2. The van der Waals surface area contributed by atoms with E-state index in [1.165, 1.54) is 0 Å². The predicted octanol–water partition coefficient (Wildman–Crippen LogP) is 2.99. The van der Waals surface area contributed by atoms with Crippen molar-refractivity contribution >= 4 is 5.91 Å². The van der Waals surface area contributed by atoms with E-state index in [2.05, 4.69) is 5.32 Å². The highest BCUT2D eigenvalue weighted by Gasteiger charge is 2.13. The average molecular weight is 329 g/mol. The van der Waals surface area contributed by atoms with E-state index in [9.17, 15) is 4.79 Å². The monoisotopic (exact) mass is 329 g/mol. The summed E-state index contributed by atoms with van der Waals surface area (Å²) in [6, 6.07) is 11.3. The van der Waals surface area contributed by atoms with Crippen molar-refractivity contribution in [2.24, 2.45) is 0 Å². The fourth-order valence-electron chi connectivity index (χ4n) is 2.49. The number of carbonyl (C=O) groups excluding carboxylic acids is 1. The molecule has 0 aliphatic carbocycles. The van der Waals surface area contributed by atoms with Crippen molar-refractivity contribution in [1.29, 1.82) is 0 Å². The van der Waals surface area contributed by atoms with Gasteiger partial charge in [-0.3, -0.25) is 4.79 Å². The molecule has 0 bridgehead atoms. The second kappa shape index (κ2) is 8.24. The molecule has 0 unspecified atom stereocenters. The molecule has 0 heterocycles. The second-order valence-electron chi connectivity index (χ2n) is 5.41. The van der Waals surface area contributed by atoms with Gasteiger partial charge in [-0.1, -0.05) is 17.7 Å². The molecule has 0 radical (unpaired) electrons. The Labute approximate surface area is 142 Å². The van der Waals surface area contributed by atoms with Gasteiger partial charge in [-0.05, 0) is 43.2 Å². The molecule has 5 nitrogen and oxygen atoms in total. The Hall–Kier alpha value is -2.69. The van der Waals surface area contributed by atoms with Gasteiger partial charge in [-0.2, -0.15) is 0 Å². The Morgan fingerprint density at radius 2 is 1.67 bits per heavy atom. The fraction of sp³-hybridized carbons (Fsp3) is 0.316. The Kier molecular flexibility index (Phi) is 6.07. The lowest BCUT2D eigenvalue weighted by Crippen LogP contribution is -2.25. The number of methoxy groups -OCH3 is 3. The van der Waals surface area contributed by atoms with E-state index in [0.29, 0.717) is 35.8 Å². The number of carbonyl (C=O) groups is 1. The van der Waals surface area contributed by atoms with Crippen LogP contribution in [-0.4, -0.2) is 33.8 Å². The molecule has 0 aliphatic heterocycles. The quantitative estimate of drug-likeness (QED) is 0.848. The molecule has 0 saturated heterocycles. The third-order valence-corrected chi connectivity index (χ3v) is 3.70. The van der Waals surface area contributed by atoms with Gasteiger partial charge in [0.05, 0.1) is 21.3 Å². The third kappa shape index (κ3) is 4.19. The number of hydrogen-bond acceptors (Lipinski definition) is 4. The summed E-state index contributed by atoms with van der Waals surface area (Å²) in [7, 11) is 4.74. The maximum absolute atomic E-state index is 12.2. The van der Waals surface area contributed by atoms with Crippen LogP contribution in [0.5, 0.6) is 17.2 Å². The van der Waals surface area contributed by atoms with Crippen molar-refractivity contribution in [3.8, 4) is 17.2 Å². The minimum Gasteiger partial charge on any atom is -0.493 e. The van der Waals surface area contributed by atoms with Crippen molar-refractivity contribution in [2.45, 2.75) is 13.3 Å². The van der Waals surface area contributed by atoms with Crippen LogP contribution in [0.15, 0.2) is 36.4 Å². The Morgan fingerprint density at radius 1 is 1.00 bits per heavy atom. The molecule has 24 heavy (non-hydrogen) atoms. The molecule has 0 saturated carbocycles. The van der Waals surface area contributed by atoms with Gasteiger partial charge >= 0.3 is 0 Å². The molecular formula is C19H23NO4. The van der Waals surface area contributed by atoms with Crippen molar-refractivity contribution in [1.82, 2.24) is 5.32 Å². The van der Waals surface area contributed by atoms with E-state index >= 15 is 0 Å². The molecule has 1 N–H and O–H groups in total. The first kappa shape index (κ1) is 17.7. The van der Waals surface area contributed by atoms with Gasteiger partial charge in [0.1, 0.15) is 0 Å². The SMILES string of the molecule is COc1cc(CCNC(=O)c2cccc(C)c2)cc(OC)c1OC. The van der Waals surface area contributed by atoms with E-state index < -0.39 is 0 Å². The lowest BCUT2D eigenvalue weighted by molar-refractivity contribution is 0.0954. The molecule has 0 atom stereocenters. The van der Waals surface area contributed by atoms with E-state index in [0.717, 1.165) is 11.1 Å². The first-order chi connectivity index (χ1) is 11.6. The van der Waals surface area contributed by atoms with Gasteiger partial charge in [0.2, 0.25) is 5.75 Å². The summed E-state index contributed by atoms with van der Waals surface area (Å²) in [4.78, 5) is 12.2. The molecule has 0 aliphatic rings. The van der Waals surface area contributed by atoms with Crippen molar-refractivity contribution in [3.63, 3.8) is 0 Å². The van der Waals surface area contributed by atoms with Crippen LogP contribution in [0.3, 0.4) is 0 Å². The van der Waals surface area contributed by atoms with Crippen LogP contribution in [0.2, 0.25) is 0 Å². The predicted molar refractivity (Wildman–Crippen MR) is 93.3 cm³/mol. The summed E-state index contributed by atoms with van der Waals surface area (Å²) >= 11 is 0. The summed E-state index contributed by atoms with van der Waals surface area (Å²) in [5, 5.41) is 2.93. The van der Waals surface area contributed by atoms with Crippen molar-refractivity contribution in [2.75, 3.05) is 27.9 Å². The fourth-order valence-corrected chi connectivity index (χ4v) is 2.49. The van der Waals surface area contributed by atoms with E-state index in [-0.39, 0.29) is 5.91 Å². The zero-order valence-corrected chi connectivity index (χ0v) is 14.5. The van der Waals surface area contributed by atoms with Crippen LogP contribution in [0.4, 0.5) is 0 Å². The van der Waals surface area contributed by atoms with Crippen LogP contribution >= 0.6 is 0 Å². The van der Waals surface area contributed by atoms with Gasteiger partial charge in [0.25, 0.3) is 5.91 Å². The Balaban J connectivity index is 2.03.